The molecule has 6 heteroatoms. The van der Waals surface area contributed by atoms with Gasteiger partial charge in [-0.05, 0) is 48.7 Å². The Morgan fingerprint density at radius 3 is 2.65 bits per heavy atom. The van der Waals surface area contributed by atoms with Crippen LogP contribution in [0.3, 0.4) is 0 Å². The van der Waals surface area contributed by atoms with E-state index >= 15 is 0 Å². The first-order valence-corrected chi connectivity index (χ1v) is 8.67. The van der Waals surface area contributed by atoms with Gasteiger partial charge in [0, 0.05) is 23.1 Å². The Bertz CT molecular complexity index is 1100. The van der Waals surface area contributed by atoms with Gasteiger partial charge >= 0.3 is 5.63 Å². The first kappa shape index (κ1) is 16.7. The molecule has 0 saturated heterocycles. The van der Waals surface area contributed by atoms with E-state index in [-0.39, 0.29) is 11.8 Å². The molecule has 0 spiro atoms. The maximum atomic E-state index is 11.6. The number of phenols is 1. The van der Waals surface area contributed by atoms with Crippen LogP contribution < -0.4 is 11.1 Å². The van der Waals surface area contributed by atoms with E-state index in [9.17, 15) is 9.90 Å². The molecular formula is C20H17ClN2O3. The van der Waals surface area contributed by atoms with E-state index in [1.165, 1.54) is 6.07 Å². The van der Waals surface area contributed by atoms with E-state index in [1.807, 2.05) is 31.2 Å². The second-order valence-corrected chi connectivity index (χ2v) is 6.97. The Balaban J connectivity index is 1.75. The van der Waals surface area contributed by atoms with Gasteiger partial charge in [-0.2, -0.15) is 5.10 Å². The van der Waals surface area contributed by atoms with Gasteiger partial charge in [-0.25, -0.2) is 4.79 Å². The summed E-state index contributed by atoms with van der Waals surface area (Å²) >= 11 is 5.95. The first-order chi connectivity index (χ1) is 12.4. The minimum atomic E-state index is -0.427. The lowest BCUT2D eigenvalue weighted by Gasteiger charge is -2.13. The number of hydrogen-bond acceptors (Lipinski definition) is 5. The van der Waals surface area contributed by atoms with E-state index in [4.69, 9.17) is 16.0 Å². The highest BCUT2D eigenvalue weighted by atomic mass is 35.5. The third-order valence-corrected chi connectivity index (χ3v) is 4.97. The van der Waals surface area contributed by atoms with Crippen molar-refractivity contribution in [3.05, 3.63) is 74.1 Å². The number of hydrogen-bond donors (Lipinski definition) is 2. The van der Waals surface area contributed by atoms with Crippen molar-refractivity contribution in [2.24, 2.45) is 5.10 Å². The minimum absolute atomic E-state index is 0.0200. The van der Waals surface area contributed by atoms with Gasteiger partial charge in [0.05, 0.1) is 17.1 Å². The lowest BCUT2D eigenvalue weighted by molar-refractivity contribution is 0.476. The third-order valence-electron chi connectivity index (χ3n) is 4.71. The van der Waals surface area contributed by atoms with Gasteiger partial charge in [-0.15, -0.1) is 0 Å². The zero-order valence-electron chi connectivity index (χ0n) is 14.3. The highest BCUT2D eigenvalue weighted by molar-refractivity contribution is 6.30. The van der Waals surface area contributed by atoms with Crippen molar-refractivity contribution in [1.82, 2.24) is 5.43 Å². The molecular weight excluding hydrogens is 352 g/mol. The summed E-state index contributed by atoms with van der Waals surface area (Å²) in [6.45, 7) is 3.65. The molecule has 1 atom stereocenters. The maximum Gasteiger partial charge on any atom is 0.336 e. The van der Waals surface area contributed by atoms with E-state index in [0.29, 0.717) is 33.5 Å². The first-order valence-electron chi connectivity index (χ1n) is 8.29. The Labute approximate surface area is 154 Å². The minimum Gasteiger partial charge on any atom is -0.506 e. The van der Waals surface area contributed by atoms with Gasteiger partial charge in [-0.1, -0.05) is 23.7 Å². The van der Waals surface area contributed by atoms with Crippen molar-refractivity contribution >= 4 is 28.3 Å². The fourth-order valence-electron chi connectivity index (χ4n) is 3.47. The second-order valence-electron chi connectivity index (χ2n) is 6.53. The summed E-state index contributed by atoms with van der Waals surface area (Å²) in [4.78, 5) is 11.6. The van der Waals surface area contributed by atoms with E-state index in [1.54, 1.807) is 13.0 Å². The second kappa shape index (κ2) is 6.18. The molecule has 2 aromatic carbocycles. The number of nitrogens with zero attached hydrogens (tertiary/aromatic N) is 1. The fourth-order valence-corrected chi connectivity index (χ4v) is 3.59. The fraction of sp³-hybridized carbons (Fsp3) is 0.200. The van der Waals surface area contributed by atoms with Crippen LogP contribution in [0.5, 0.6) is 5.75 Å². The summed E-state index contributed by atoms with van der Waals surface area (Å²) in [7, 11) is 0. The summed E-state index contributed by atoms with van der Waals surface area (Å²) < 4.78 is 5.24. The van der Waals surface area contributed by atoms with Crippen molar-refractivity contribution < 1.29 is 9.52 Å². The van der Waals surface area contributed by atoms with Crippen molar-refractivity contribution in [2.45, 2.75) is 26.3 Å². The van der Waals surface area contributed by atoms with Crippen LogP contribution in [0, 0.1) is 13.8 Å². The van der Waals surface area contributed by atoms with E-state index < -0.39 is 5.63 Å². The summed E-state index contributed by atoms with van der Waals surface area (Å²) in [6.07, 6.45) is 0.636. The van der Waals surface area contributed by atoms with Crippen LogP contribution in [0.1, 0.15) is 34.7 Å². The third kappa shape index (κ3) is 2.74. The van der Waals surface area contributed by atoms with Gasteiger partial charge in [0.2, 0.25) is 0 Å². The van der Waals surface area contributed by atoms with E-state index in [2.05, 4.69) is 10.5 Å². The van der Waals surface area contributed by atoms with Crippen molar-refractivity contribution in [1.29, 1.82) is 0 Å². The molecule has 1 unspecified atom stereocenters. The van der Waals surface area contributed by atoms with Crippen LogP contribution >= 0.6 is 11.6 Å². The highest BCUT2D eigenvalue weighted by Crippen LogP contribution is 2.36. The lowest BCUT2D eigenvalue weighted by atomic mass is 9.93. The molecule has 0 saturated carbocycles. The molecule has 1 aromatic heterocycles. The van der Waals surface area contributed by atoms with Crippen LogP contribution in [0.2, 0.25) is 5.02 Å². The van der Waals surface area contributed by atoms with Gasteiger partial charge in [0.15, 0.2) is 0 Å². The Morgan fingerprint density at radius 2 is 1.92 bits per heavy atom. The molecule has 1 aliphatic rings. The molecule has 0 radical (unpaired) electrons. The summed E-state index contributed by atoms with van der Waals surface area (Å²) in [5.41, 5.74) is 7.09. The van der Waals surface area contributed by atoms with Crippen LogP contribution in [0.4, 0.5) is 0 Å². The Hall–Kier alpha value is -2.79. The average molecular weight is 369 g/mol. The number of aromatic hydroxyl groups is 1. The standard InChI is InChI=1S/C20H17ClN2O3/c1-10-7-16-19(11(2)8-17(24)26-16)20(25)18(10)15-9-14(22-23-15)12-3-5-13(21)6-4-12/h3-8,14,22,25H,9H2,1-2H3. The molecule has 0 amide bonds. The van der Waals surface area contributed by atoms with Gasteiger partial charge < -0.3 is 14.9 Å². The zero-order valence-corrected chi connectivity index (χ0v) is 15.1. The van der Waals surface area contributed by atoms with Crippen LogP contribution in [-0.4, -0.2) is 10.8 Å². The molecule has 26 heavy (non-hydrogen) atoms. The quantitative estimate of drug-likeness (QED) is 0.664. The summed E-state index contributed by atoms with van der Waals surface area (Å²) in [5.74, 6) is 0.0959. The molecule has 5 nitrogen and oxygen atoms in total. The Kier molecular flexibility index (Phi) is 3.96. The van der Waals surface area contributed by atoms with Crippen molar-refractivity contribution in [3.63, 3.8) is 0 Å². The molecule has 1 aliphatic heterocycles. The zero-order chi connectivity index (χ0) is 18.4. The van der Waals surface area contributed by atoms with Gasteiger partial charge in [-0.3, -0.25) is 0 Å². The number of rotatable bonds is 2. The van der Waals surface area contributed by atoms with Gasteiger partial charge in [0.25, 0.3) is 0 Å². The number of halogens is 1. The van der Waals surface area contributed by atoms with Crippen LogP contribution in [0.15, 0.2) is 50.7 Å². The predicted molar refractivity (Wildman–Crippen MR) is 102 cm³/mol. The van der Waals surface area contributed by atoms with Gasteiger partial charge in [0.1, 0.15) is 11.3 Å². The number of benzene rings is 2. The number of phenolic OH excluding ortho intramolecular Hbond substituents is 1. The summed E-state index contributed by atoms with van der Waals surface area (Å²) in [6, 6.07) is 10.8. The number of fused-ring (bicyclic) bond motifs is 1. The largest absolute Gasteiger partial charge is 0.506 e. The lowest BCUT2D eigenvalue weighted by Crippen LogP contribution is -2.10. The summed E-state index contributed by atoms with van der Waals surface area (Å²) in [5, 5.41) is 16.5. The number of aryl methyl sites for hydroxylation is 2. The molecule has 4 rings (SSSR count). The smallest absolute Gasteiger partial charge is 0.336 e. The molecule has 0 bridgehead atoms. The molecule has 2 N–H and O–H groups in total. The van der Waals surface area contributed by atoms with E-state index in [0.717, 1.165) is 16.8 Å². The maximum absolute atomic E-state index is 11.6. The molecule has 3 aromatic rings. The van der Waals surface area contributed by atoms with Crippen LogP contribution in [0.25, 0.3) is 11.0 Å². The normalized spacial score (nSPS) is 16.6. The topological polar surface area (TPSA) is 74.8 Å². The molecule has 132 valence electrons. The number of nitrogens with one attached hydrogen (secondary N) is 1. The average Bonchev–Trinajstić information content (AvgIpc) is 3.04. The molecule has 0 fully saturated rings. The predicted octanol–water partition coefficient (Wildman–Crippen LogP) is 4.21. The molecule has 2 heterocycles. The highest BCUT2D eigenvalue weighted by Gasteiger charge is 2.26. The van der Waals surface area contributed by atoms with Crippen molar-refractivity contribution in [3.8, 4) is 5.75 Å². The molecule has 0 aliphatic carbocycles. The van der Waals surface area contributed by atoms with Crippen molar-refractivity contribution in [2.75, 3.05) is 0 Å². The number of hydrazone groups is 1. The Morgan fingerprint density at radius 1 is 1.19 bits per heavy atom. The monoisotopic (exact) mass is 368 g/mol. The SMILES string of the molecule is Cc1cc2oc(=O)cc(C)c2c(O)c1C1=NNC(c2ccc(Cl)cc2)C1. The van der Waals surface area contributed by atoms with Crippen LogP contribution in [-0.2, 0) is 0 Å².